The normalized spacial score (nSPS) is 30.8. The zero-order valence-electron chi connectivity index (χ0n) is 16.9. The van der Waals surface area contributed by atoms with Crippen molar-refractivity contribution in [1.82, 2.24) is 24.4 Å². The Morgan fingerprint density at radius 3 is 2.93 bits per heavy atom. The molecule has 6 rings (SSSR count). The maximum atomic E-state index is 9.77. The third kappa shape index (κ3) is 2.59. The monoisotopic (exact) mass is 413 g/mol. The topological polar surface area (TPSA) is 119 Å². The van der Waals surface area contributed by atoms with Gasteiger partial charge in [-0.3, -0.25) is 4.57 Å². The number of hydrogen-bond donors (Lipinski definition) is 2. The predicted molar refractivity (Wildman–Crippen MR) is 104 cm³/mol. The van der Waals surface area contributed by atoms with Crippen molar-refractivity contribution in [2.75, 3.05) is 18.6 Å². The van der Waals surface area contributed by atoms with Crippen LogP contribution in [0.25, 0.3) is 0 Å². The molecule has 4 atom stereocenters. The molecule has 2 saturated heterocycles. The summed E-state index contributed by atoms with van der Waals surface area (Å²) < 4.78 is 20.1. The molecule has 4 aliphatic heterocycles. The third-order valence-electron chi connectivity index (χ3n) is 5.86. The van der Waals surface area contributed by atoms with E-state index < -0.39 is 18.1 Å². The lowest BCUT2D eigenvalue weighted by atomic mass is 10.1. The lowest BCUT2D eigenvalue weighted by Gasteiger charge is -2.34. The first-order valence-electron chi connectivity index (χ1n) is 10.0. The summed E-state index contributed by atoms with van der Waals surface area (Å²) in [7, 11) is 0. The highest BCUT2D eigenvalue weighted by Gasteiger charge is 2.56. The molecule has 2 aromatic rings. The number of ether oxygens (including phenoxy) is 3. The number of aliphatic hydroxyl groups excluding tert-OH is 1. The van der Waals surface area contributed by atoms with Crippen molar-refractivity contribution in [3.8, 4) is 0 Å². The summed E-state index contributed by atoms with van der Waals surface area (Å²) in [6.45, 7) is 6.68. The van der Waals surface area contributed by atoms with Crippen LogP contribution in [0.5, 0.6) is 0 Å². The number of hydrogen-bond acceptors (Lipinski definition) is 10. The molecule has 2 N–H and O–H groups in total. The van der Waals surface area contributed by atoms with Gasteiger partial charge >= 0.3 is 0 Å². The number of rotatable bonds is 2. The maximum absolute atomic E-state index is 9.77. The molecule has 0 radical (unpaired) electrons. The van der Waals surface area contributed by atoms with Crippen molar-refractivity contribution >= 4 is 17.5 Å². The van der Waals surface area contributed by atoms with E-state index in [0.29, 0.717) is 24.9 Å². The standard InChI is InChI=1S/C19H23N7O4/c1-9-20-4-10-5-25-7-22-16-12(17(25)24-15(10)23-9)21-8-26(16)18-14-13(11(6-27)28-18)29-19(2,3)30-14/h4,8,11,13-14,18,22,27H,5-7H2,1-3H3/t11-,13-,14-,18?/m1/s1. The number of imidazole rings is 1. The molecule has 2 aromatic heterocycles. The summed E-state index contributed by atoms with van der Waals surface area (Å²) in [6.07, 6.45) is 1.93. The zero-order chi connectivity index (χ0) is 20.6. The minimum absolute atomic E-state index is 0.141. The minimum Gasteiger partial charge on any atom is -0.394 e. The molecule has 2 fully saturated rings. The first-order valence-corrected chi connectivity index (χ1v) is 10.0. The van der Waals surface area contributed by atoms with E-state index in [-0.39, 0.29) is 18.8 Å². The van der Waals surface area contributed by atoms with Gasteiger partial charge in [-0.25, -0.2) is 19.9 Å². The molecule has 0 saturated carbocycles. The smallest absolute Gasteiger partial charge is 0.166 e. The van der Waals surface area contributed by atoms with Gasteiger partial charge in [0.2, 0.25) is 0 Å². The zero-order valence-corrected chi connectivity index (χ0v) is 16.9. The molecular formula is C19H23N7O4. The Labute approximate surface area is 172 Å². The van der Waals surface area contributed by atoms with Crippen molar-refractivity contribution in [3.05, 3.63) is 29.6 Å². The molecule has 11 nitrogen and oxygen atoms in total. The van der Waals surface area contributed by atoms with Crippen LogP contribution < -0.4 is 5.32 Å². The SMILES string of the molecule is Cc1ncc2c(n1)N=C1c3ncn(C4O[C@H](CO)[C@H]5OC(C)(C)O[C@@H]45)c3NCN1C2. The molecule has 4 aliphatic rings. The summed E-state index contributed by atoms with van der Waals surface area (Å²) in [5.74, 6) is 2.21. The average Bonchev–Trinajstić information content (AvgIpc) is 3.36. The average molecular weight is 413 g/mol. The van der Waals surface area contributed by atoms with E-state index in [0.717, 1.165) is 22.9 Å². The van der Waals surface area contributed by atoms with Crippen LogP contribution >= 0.6 is 0 Å². The Morgan fingerprint density at radius 1 is 1.27 bits per heavy atom. The summed E-state index contributed by atoms with van der Waals surface area (Å²) in [6, 6.07) is 0. The number of fused-ring (bicyclic) bond motifs is 5. The Morgan fingerprint density at radius 2 is 2.10 bits per heavy atom. The van der Waals surface area contributed by atoms with Gasteiger partial charge in [0.1, 0.15) is 35.6 Å². The van der Waals surface area contributed by atoms with Crippen LogP contribution in [-0.2, 0) is 20.8 Å². The largest absolute Gasteiger partial charge is 0.394 e. The lowest BCUT2D eigenvalue weighted by Crippen LogP contribution is -2.42. The van der Waals surface area contributed by atoms with Gasteiger partial charge < -0.3 is 29.5 Å². The summed E-state index contributed by atoms with van der Waals surface area (Å²) >= 11 is 0. The molecule has 11 heteroatoms. The number of anilines is 1. The van der Waals surface area contributed by atoms with Crippen LogP contribution in [0.15, 0.2) is 17.5 Å². The van der Waals surface area contributed by atoms with E-state index in [9.17, 15) is 5.11 Å². The minimum atomic E-state index is -0.732. The Hall–Kier alpha value is -2.60. The number of aryl methyl sites for hydroxylation is 1. The summed E-state index contributed by atoms with van der Waals surface area (Å²) in [5, 5.41) is 13.2. The number of nitrogens with zero attached hydrogens (tertiary/aromatic N) is 6. The molecule has 0 bridgehead atoms. The summed E-state index contributed by atoms with van der Waals surface area (Å²) in [4.78, 5) is 20.3. The molecule has 30 heavy (non-hydrogen) atoms. The van der Waals surface area contributed by atoms with E-state index in [4.69, 9.17) is 19.2 Å². The van der Waals surface area contributed by atoms with E-state index in [1.165, 1.54) is 0 Å². The van der Waals surface area contributed by atoms with Gasteiger partial charge in [-0.15, -0.1) is 0 Å². The first-order chi connectivity index (χ1) is 14.4. The van der Waals surface area contributed by atoms with Gasteiger partial charge in [-0.05, 0) is 20.8 Å². The fourth-order valence-electron chi connectivity index (χ4n) is 4.57. The predicted octanol–water partition coefficient (Wildman–Crippen LogP) is 0.668. The Balaban J connectivity index is 1.39. The van der Waals surface area contributed by atoms with Crippen molar-refractivity contribution in [1.29, 1.82) is 0 Å². The Bertz CT molecular complexity index is 1050. The van der Waals surface area contributed by atoms with Crippen LogP contribution in [0, 0.1) is 6.92 Å². The highest BCUT2D eigenvalue weighted by atomic mass is 16.8. The molecular weight excluding hydrogens is 390 g/mol. The second-order valence-corrected chi connectivity index (χ2v) is 8.40. The molecule has 158 valence electrons. The van der Waals surface area contributed by atoms with Crippen LogP contribution in [0.3, 0.4) is 0 Å². The second kappa shape index (κ2) is 6.20. The molecule has 6 heterocycles. The van der Waals surface area contributed by atoms with Gasteiger partial charge in [-0.2, -0.15) is 0 Å². The second-order valence-electron chi connectivity index (χ2n) is 8.40. The lowest BCUT2D eigenvalue weighted by molar-refractivity contribution is -0.199. The molecule has 0 spiro atoms. The maximum Gasteiger partial charge on any atom is 0.166 e. The molecule has 0 aromatic carbocycles. The van der Waals surface area contributed by atoms with Gasteiger partial charge in [0, 0.05) is 11.8 Å². The van der Waals surface area contributed by atoms with Crippen LogP contribution in [0.1, 0.15) is 37.2 Å². The quantitative estimate of drug-likeness (QED) is 0.732. The fourth-order valence-corrected chi connectivity index (χ4v) is 4.57. The number of nitrogens with one attached hydrogen (secondary N) is 1. The van der Waals surface area contributed by atoms with Gasteiger partial charge in [-0.1, -0.05) is 0 Å². The van der Waals surface area contributed by atoms with Crippen LogP contribution in [0.2, 0.25) is 0 Å². The molecule has 0 amide bonds. The third-order valence-corrected chi connectivity index (χ3v) is 5.86. The molecule has 1 unspecified atom stereocenters. The number of aliphatic imine (C=N–C) groups is 1. The van der Waals surface area contributed by atoms with Gasteiger partial charge in [0.25, 0.3) is 0 Å². The highest BCUT2D eigenvalue weighted by Crippen LogP contribution is 2.44. The van der Waals surface area contributed by atoms with Crippen molar-refractivity contribution in [2.45, 2.75) is 57.6 Å². The Kier molecular flexibility index (Phi) is 3.76. The van der Waals surface area contributed by atoms with E-state index in [2.05, 4.69) is 25.2 Å². The number of aliphatic hydroxyl groups is 1. The van der Waals surface area contributed by atoms with Crippen molar-refractivity contribution in [3.63, 3.8) is 0 Å². The summed E-state index contributed by atoms with van der Waals surface area (Å²) in [5.41, 5.74) is 1.72. The highest BCUT2D eigenvalue weighted by molar-refractivity contribution is 6.04. The first kappa shape index (κ1) is 18.2. The number of amidine groups is 1. The van der Waals surface area contributed by atoms with E-state index in [1.807, 2.05) is 31.5 Å². The van der Waals surface area contributed by atoms with Crippen molar-refractivity contribution in [2.24, 2.45) is 4.99 Å². The van der Waals surface area contributed by atoms with E-state index >= 15 is 0 Å². The van der Waals surface area contributed by atoms with Crippen LogP contribution in [-0.4, -0.2) is 72.7 Å². The van der Waals surface area contributed by atoms with Gasteiger partial charge in [0.05, 0.1) is 26.1 Å². The molecule has 0 aliphatic carbocycles. The van der Waals surface area contributed by atoms with Crippen LogP contribution in [0.4, 0.5) is 11.6 Å². The number of aromatic nitrogens is 4. The van der Waals surface area contributed by atoms with Gasteiger partial charge in [0.15, 0.2) is 23.7 Å². The van der Waals surface area contributed by atoms with Crippen molar-refractivity contribution < 1.29 is 19.3 Å². The fraction of sp³-hybridized carbons (Fsp3) is 0.579. The van der Waals surface area contributed by atoms with E-state index in [1.54, 1.807) is 6.33 Å².